The monoisotopic (exact) mass is 271 g/mol. The van der Waals surface area contributed by atoms with Gasteiger partial charge in [0.05, 0.1) is 10.0 Å². The average molecular weight is 272 g/mol. The van der Waals surface area contributed by atoms with E-state index in [-0.39, 0.29) is 5.95 Å². The topological polar surface area (TPSA) is 96.7 Å². The molecule has 2 aromatic rings. The molecule has 17 heavy (non-hydrogen) atoms. The minimum absolute atomic E-state index is 0.0230. The molecule has 4 N–H and O–H groups in total. The van der Waals surface area contributed by atoms with E-state index in [1.54, 1.807) is 18.2 Å². The molecule has 0 saturated heterocycles. The second-order valence-corrected chi connectivity index (χ2v) is 3.91. The number of anilines is 1. The maximum atomic E-state index is 11.2. The molecule has 8 heteroatoms. The first-order chi connectivity index (χ1) is 8.10. The minimum atomic E-state index is -0.561. The third-order valence-electron chi connectivity index (χ3n) is 1.97. The Morgan fingerprint density at radius 1 is 1.24 bits per heavy atom. The minimum Gasteiger partial charge on any atom is -0.292 e. The number of aromatic nitrogens is 3. The third-order valence-corrected chi connectivity index (χ3v) is 2.71. The summed E-state index contributed by atoms with van der Waals surface area (Å²) >= 11 is 11.7. The van der Waals surface area contributed by atoms with E-state index in [0.717, 1.165) is 0 Å². The highest BCUT2D eigenvalue weighted by Gasteiger charge is 2.06. The van der Waals surface area contributed by atoms with Gasteiger partial charge in [0.2, 0.25) is 5.95 Å². The molecule has 88 valence electrons. The van der Waals surface area contributed by atoms with Gasteiger partial charge in [0.15, 0.2) is 0 Å². The number of nitrogens with two attached hydrogens (primary N) is 1. The van der Waals surface area contributed by atoms with Crippen LogP contribution in [0.25, 0.3) is 11.4 Å². The highest BCUT2D eigenvalue weighted by Crippen LogP contribution is 2.26. The summed E-state index contributed by atoms with van der Waals surface area (Å²) < 4.78 is 0. The first-order valence-electron chi connectivity index (χ1n) is 4.50. The molecule has 0 aliphatic rings. The van der Waals surface area contributed by atoms with Gasteiger partial charge in [-0.15, -0.1) is 0 Å². The Bertz CT molecular complexity index is 613. The highest BCUT2D eigenvalue weighted by molar-refractivity contribution is 6.42. The van der Waals surface area contributed by atoms with E-state index >= 15 is 0 Å². The number of aromatic amines is 1. The second kappa shape index (κ2) is 4.70. The van der Waals surface area contributed by atoms with Crippen LogP contribution in [0.5, 0.6) is 0 Å². The molecule has 0 aliphatic carbocycles. The van der Waals surface area contributed by atoms with Crippen LogP contribution in [0.15, 0.2) is 23.0 Å². The standard InChI is InChI=1S/C9H7Cl2N5O/c10-5-2-1-4(3-6(5)11)7-13-8(16-12)15-9(17)14-7/h1-3H,12H2,(H2,13,14,15,16,17). The zero-order valence-electron chi connectivity index (χ0n) is 8.37. The molecular formula is C9H7Cl2N5O. The van der Waals surface area contributed by atoms with Crippen molar-refractivity contribution in [3.05, 3.63) is 38.7 Å². The summed E-state index contributed by atoms with van der Waals surface area (Å²) in [6.07, 6.45) is 0. The van der Waals surface area contributed by atoms with Gasteiger partial charge >= 0.3 is 5.69 Å². The Morgan fingerprint density at radius 3 is 2.65 bits per heavy atom. The highest BCUT2D eigenvalue weighted by atomic mass is 35.5. The first kappa shape index (κ1) is 11.8. The summed E-state index contributed by atoms with van der Waals surface area (Å²) in [5.41, 5.74) is 2.25. The summed E-state index contributed by atoms with van der Waals surface area (Å²) in [5, 5.41) is 0.787. The van der Waals surface area contributed by atoms with Gasteiger partial charge in [-0.3, -0.25) is 10.4 Å². The number of hydrazine groups is 1. The molecule has 6 nitrogen and oxygen atoms in total. The van der Waals surface area contributed by atoms with E-state index in [9.17, 15) is 4.79 Å². The van der Waals surface area contributed by atoms with Crippen molar-refractivity contribution in [1.29, 1.82) is 0 Å². The molecule has 0 unspecified atom stereocenters. The van der Waals surface area contributed by atoms with E-state index in [2.05, 4.69) is 20.4 Å². The van der Waals surface area contributed by atoms with Gasteiger partial charge in [-0.25, -0.2) is 10.6 Å². The SMILES string of the molecule is NNc1nc(-c2ccc(Cl)c(Cl)c2)[nH]c(=O)n1. The lowest BCUT2D eigenvalue weighted by atomic mass is 10.2. The molecular weight excluding hydrogens is 265 g/mol. The molecule has 0 fully saturated rings. The van der Waals surface area contributed by atoms with E-state index in [4.69, 9.17) is 29.0 Å². The Balaban J connectivity index is 2.55. The first-order valence-corrected chi connectivity index (χ1v) is 5.26. The number of hydrogen-bond acceptors (Lipinski definition) is 5. The third kappa shape index (κ3) is 2.55. The molecule has 0 radical (unpaired) electrons. The van der Waals surface area contributed by atoms with Crippen molar-refractivity contribution in [2.24, 2.45) is 5.84 Å². The van der Waals surface area contributed by atoms with Crippen molar-refractivity contribution in [2.75, 3.05) is 5.43 Å². The lowest BCUT2D eigenvalue weighted by Gasteiger charge is -2.03. The predicted molar refractivity (Wildman–Crippen MR) is 65.9 cm³/mol. The molecule has 0 spiro atoms. The maximum absolute atomic E-state index is 11.2. The van der Waals surface area contributed by atoms with Gasteiger partial charge in [0, 0.05) is 5.56 Å². The van der Waals surface area contributed by atoms with Crippen LogP contribution in [-0.2, 0) is 0 Å². The van der Waals surface area contributed by atoms with Crippen molar-refractivity contribution in [3.63, 3.8) is 0 Å². The van der Waals surface area contributed by atoms with Gasteiger partial charge in [0.1, 0.15) is 5.82 Å². The maximum Gasteiger partial charge on any atom is 0.349 e. The van der Waals surface area contributed by atoms with Crippen LogP contribution in [-0.4, -0.2) is 15.0 Å². The van der Waals surface area contributed by atoms with Crippen molar-refractivity contribution < 1.29 is 0 Å². The quantitative estimate of drug-likeness (QED) is 0.567. The number of rotatable bonds is 2. The van der Waals surface area contributed by atoms with Crippen molar-refractivity contribution >= 4 is 29.2 Å². The number of nitrogen functional groups attached to an aromatic ring is 1. The number of hydrogen-bond donors (Lipinski definition) is 3. The number of nitrogens with zero attached hydrogens (tertiary/aromatic N) is 2. The predicted octanol–water partition coefficient (Wildman–Crippen LogP) is 1.42. The van der Waals surface area contributed by atoms with Gasteiger partial charge in [0.25, 0.3) is 0 Å². The van der Waals surface area contributed by atoms with Crippen LogP contribution in [0.4, 0.5) is 5.95 Å². The molecule has 2 rings (SSSR count). The number of halogens is 2. The Labute approximate surface area is 106 Å². The fraction of sp³-hybridized carbons (Fsp3) is 0. The summed E-state index contributed by atoms with van der Waals surface area (Å²) in [4.78, 5) is 21.2. The Morgan fingerprint density at radius 2 is 2.00 bits per heavy atom. The van der Waals surface area contributed by atoms with Gasteiger partial charge in [-0.2, -0.15) is 9.97 Å². The molecule has 0 amide bonds. The second-order valence-electron chi connectivity index (χ2n) is 3.10. The molecule has 0 saturated carbocycles. The molecule has 0 aliphatic heterocycles. The summed E-state index contributed by atoms with van der Waals surface area (Å²) in [7, 11) is 0. The van der Waals surface area contributed by atoms with Crippen LogP contribution in [0, 0.1) is 0 Å². The fourth-order valence-electron chi connectivity index (χ4n) is 1.23. The van der Waals surface area contributed by atoms with Crippen LogP contribution in [0.2, 0.25) is 10.0 Å². The van der Waals surface area contributed by atoms with Crippen LogP contribution >= 0.6 is 23.2 Å². The normalized spacial score (nSPS) is 10.3. The largest absolute Gasteiger partial charge is 0.349 e. The summed E-state index contributed by atoms with van der Waals surface area (Å²) in [6, 6.07) is 4.87. The van der Waals surface area contributed by atoms with Crippen LogP contribution < -0.4 is 17.0 Å². The zero-order chi connectivity index (χ0) is 12.4. The molecule has 1 heterocycles. The zero-order valence-corrected chi connectivity index (χ0v) is 9.88. The molecule has 0 bridgehead atoms. The molecule has 1 aromatic carbocycles. The van der Waals surface area contributed by atoms with E-state index < -0.39 is 5.69 Å². The lowest BCUT2D eigenvalue weighted by molar-refractivity contribution is 0.985. The van der Waals surface area contributed by atoms with Gasteiger partial charge < -0.3 is 0 Å². The number of H-pyrrole nitrogens is 1. The number of benzene rings is 1. The Kier molecular flexibility index (Phi) is 3.28. The summed E-state index contributed by atoms with van der Waals surface area (Å²) in [5.74, 6) is 5.47. The molecule has 1 aromatic heterocycles. The smallest absolute Gasteiger partial charge is 0.292 e. The van der Waals surface area contributed by atoms with E-state index in [1.807, 2.05) is 0 Å². The fourth-order valence-corrected chi connectivity index (χ4v) is 1.53. The Hall–Kier alpha value is -1.63. The summed E-state index contributed by atoms with van der Waals surface area (Å²) in [6.45, 7) is 0. The van der Waals surface area contributed by atoms with Gasteiger partial charge in [-0.05, 0) is 18.2 Å². The van der Waals surface area contributed by atoms with E-state index in [0.29, 0.717) is 21.4 Å². The molecule has 0 atom stereocenters. The van der Waals surface area contributed by atoms with Crippen molar-refractivity contribution in [2.45, 2.75) is 0 Å². The number of nitrogens with one attached hydrogen (secondary N) is 2. The lowest BCUT2D eigenvalue weighted by Crippen LogP contribution is -2.19. The average Bonchev–Trinajstić information content (AvgIpc) is 2.32. The van der Waals surface area contributed by atoms with Crippen LogP contribution in [0.3, 0.4) is 0 Å². The van der Waals surface area contributed by atoms with Gasteiger partial charge in [-0.1, -0.05) is 23.2 Å². The van der Waals surface area contributed by atoms with Crippen LogP contribution in [0.1, 0.15) is 0 Å². The van der Waals surface area contributed by atoms with Crippen molar-refractivity contribution in [1.82, 2.24) is 15.0 Å². The van der Waals surface area contributed by atoms with E-state index in [1.165, 1.54) is 0 Å². The van der Waals surface area contributed by atoms with Crippen molar-refractivity contribution in [3.8, 4) is 11.4 Å².